The van der Waals surface area contributed by atoms with Gasteiger partial charge in [0.1, 0.15) is 11.4 Å². The molecule has 1 fully saturated rings. The van der Waals surface area contributed by atoms with E-state index in [0.29, 0.717) is 5.71 Å². The highest BCUT2D eigenvalue weighted by atomic mass is 16.2. The first-order valence-corrected chi connectivity index (χ1v) is 6.68. The summed E-state index contributed by atoms with van der Waals surface area (Å²) in [6.07, 6.45) is 5.53. The maximum Gasteiger partial charge on any atom is 0.272 e. The van der Waals surface area contributed by atoms with Crippen LogP contribution in [0.4, 0.5) is 0 Å². The predicted octanol–water partition coefficient (Wildman–Crippen LogP) is 2.57. The molecule has 1 aromatic carbocycles. The number of rotatable bonds is 1. The van der Waals surface area contributed by atoms with Crippen LogP contribution in [-0.2, 0) is 4.79 Å². The molecule has 1 heterocycles. The largest absolute Gasteiger partial charge is 0.326 e. The van der Waals surface area contributed by atoms with E-state index in [-0.39, 0.29) is 11.6 Å². The van der Waals surface area contributed by atoms with Gasteiger partial charge in [-0.15, -0.1) is 0 Å². The Kier molecular flexibility index (Phi) is 2.69. The van der Waals surface area contributed by atoms with Crippen molar-refractivity contribution in [3.63, 3.8) is 0 Å². The lowest BCUT2D eigenvalue weighted by Crippen LogP contribution is -2.43. The predicted molar refractivity (Wildman–Crippen MR) is 71.7 cm³/mol. The molecule has 0 unspecified atom stereocenters. The third-order valence-electron chi connectivity index (χ3n) is 3.89. The summed E-state index contributed by atoms with van der Waals surface area (Å²) in [7, 11) is 0. The average molecular weight is 242 g/mol. The number of nitrogens with zero attached hydrogens (tertiary/aromatic N) is 1. The van der Waals surface area contributed by atoms with Crippen molar-refractivity contribution in [2.24, 2.45) is 4.99 Å². The number of hydrogen-bond acceptors (Lipinski definition) is 2. The van der Waals surface area contributed by atoms with Crippen molar-refractivity contribution in [2.75, 3.05) is 0 Å². The highest BCUT2D eigenvalue weighted by Crippen LogP contribution is 2.32. The van der Waals surface area contributed by atoms with Gasteiger partial charge in [-0.25, -0.2) is 0 Å². The maximum atomic E-state index is 12.1. The minimum absolute atomic E-state index is 0.0132. The smallest absolute Gasteiger partial charge is 0.272 e. The van der Waals surface area contributed by atoms with Crippen LogP contribution in [-0.4, -0.2) is 17.3 Å². The number of aryl methyl sites for hydroxylation is 1. The number of hydrogen-bond donors (Lipinski definition) is 1. The molecule has 3 nitrogen and oxygen atoms in total. The SMILES string of the molecule is Cc1ccc(C2=NC3(CCCCC3)NC2=O)cc1. The Morgan fingerprint density at radius 3 is 2.44 bits per heavy atom. The molecule has 0 aromatic heterocycles. The molecule has 3 rings (SSSR count). The lowest BCUT2D eigenvalue weighted by molar-refractivity contribution is -0.115. The molecule has 2 aliphatic rings. The highest BCUT2D eigenvalue weighted by molar-refractivity contribution is 6.46. The molecule has 1 N–H and O–H groups in total. The molecule has 18 heavy (non-hydrogen) atoms. The summed E-state index contributed by atoms with van der Waals surface area (Å²) in [4.78, 5) is 16.8. The normalized spacial score (nSPS) is 21.8. The summed E-state index contributed by atoms with van der Waals surface area (Å²) in [6.45, 7) is 2.04. The third kappa shape index (κ3) is 1.94. The molecule has 1 aliphatic heterocycles. The summed E-state index contributed by atoms with van der Waals surface area (Å²) in [5.41, 5.74) is 2.44. The van der Waals surface area contributed by atoms with Crippen LogP contribution in [0.1, 0.15) is 43.2 Å². The summed E-state index contributed by atoms with van der Waals surface area (Å²) < 4.78 is 0. The molecule has 1 spiro atoms. The molecule has 1 aromatic rings. The van der Waals surface area contributed by atoms with Gasteiger partial charge in [-0.05, 0) is 32.6 Å². The fourth-order valence-electron chi connectivity index (χ4n) is 2.84. The summed E-state index contributed by atoms with van der Waals surface area (Å²) in [5, 5.41) is 3.09. The van der Waals surface area contributed by atoms with Gasteiger partial charge in [0.05, 0.1) is 0 Å². The molecule has 94 valence electrons. The first-order chi connectivity index (χ1) is 8.69. The molecular weight excluding hydrogens is 224 g/mol. The Morgan fingerprint density at radius 1 is 1.11 bits per heavy atom. The van der Waals surface area contributed by atoms with Crippen LogP contribution >= 0.6 is 0 Å². The number of nitrogens with one attached hydrogen (secondary N) is 1. The fraction of sp³-hybridized carbons (Fsp3) is 0.467. The van der Waals surface area contributed by atoms with Crippen LogP contribution in [0, 0.1) is 6.92 Å². The van der Waals surface area contributed by atoms with Crippen molar-refractivity contribution in [3.8, 4) is 0 Å². The van der Waals surface area contributed by atoms with Gasteiger partial charge in [-0.1, -0.05) is 36.2 Å². The highest BCUT2D eigenvalue weighted by Gasteiger charge is 2.40. The third-order valence-corrected chi connectivity index (χ3v) is 3.89. The zero-order valence-electron chi connectivity index (χ0n) is 10.7. The quantitative estimate of drug-likeness (QED) is 0.808. The molecule has 1 saturated carbocycles. The second kappa shape index (κ2) is 4.23. The van der Waals surface area contributed by atoms with E-state index < -0.39 is 0 Å². The van der Waals surface area contributed by atoms with Gasteiger partial charge < -0.3 is 5.32 Å². The van der Waals surface area contributed by atoms with E-state index in [4.69, 9.17) is 4.99 Å². The topological polar surface area (TPSA) is 41.5 Å². The van der Waals surface area contributed by atoms with Gasteiger partial charge in [0, 0.05) is 5.56 Å². The van der Waals surface area contributed by atoms with Crippen LogP contribution < -0.4 is 5.32 Å². The van der Waals surface area contributed by atoms with Crippen molar-refractivity contribution in [1.29, 1.82) is 0 Å². The molecular formula is C15H18N2O. The number of carbonyl (C=O) groups excluding carboxylic acids is 1. The standard InChI is InChI=1S/C15H18N2O/c1-11-5-7-12(8-6-11)13-14(18)17-15(16-13)9-3-2-4-10-15/h5-8H,2-4,9-10H2,1H3,(H,17,18). The fourth-order valence-corrected chi connectivity index (χ4v) is 2.84. The molecule has 0 bridgehead atoms. The zero-order chi connectivity index (χ0) is 12.6. The van der Waals surface area contributed by atoms with E-state index in [9.17, 15) is 4.79 Å². The van der Waals surface area contributed by atoms with E-state index in [1.165, 1.54) is 12.0 Å². The van der Waals surface area contributed by atoms with Gasteiger partial charge in [0.15, 0.2) is 0 Å². The molecule has 0 radical (unpaired) electrons. The van der Waals surface area contributed by atoms with Crippen LogP contribution in [0.5, 0.6) is 0 Å². The van der Waals surface area contributed by atoms with E-state index in [0.717, 1.165) is 31.2 Å². The van der Waals surface area contributed by atoms with Gasteiger partial charge >= 0.3 is 0 Å². The summed E-state index contributed by atoms with van der Waals surface area (Å²) in [5.74, 6) is -0.0132. The number of carbonyl (C=O) groups is 1. The molecule has 1 amide bonds. The van der Waals surface area contributed by atoms with E-state index in [1.54, 1.807) is 0 Å². The lowest BCUT2D eigenvalue weighted by atomic mass is 9.90. The van der Waals surface area contributed by atoms with Crippen LogP contribution in [0.25, 0.3) is 0 Å². The van der Waals surface area contributed by atoms with Gasteiger partial charge in [-0.2, -0.15) is 0 Å². The summed E-state index contributed by atoms with van der Waals surface area (Å²) in [6, 6.07) is 8.01. The number of benzene rings is 1. The van der Waals surface area contributed by atoms with Crippen LogP contribution in [0.15, 0.2) is 29.3 Å². The molecule has 0 atom stereocenters. The molecule has 3 heteroatoms. The zero-order valence-corrected chi connectivity index (χ0v) is 10.7. The van der Waals surface area contributed by atoms with E-state index >= 15 is 0 Å². The molecule has 1 aliphatic carbocycles. The number of amides is 1. The Bertz CT molecular complexity index is 496. The Labute approximate surface area is 107 Å². The van der Waals surface area contributed by atoms with Crippen LogP contribution in [0.2, 0.25) is 0 Å². The Morgan fingerprint density at radius 2 is 1.78 bits per heavy atom. The maximum absolute atomic E-state index is 12.1. The van der Waals surface area contributed by atoms with E-state index in [1.807, 2.05) is 31.2 Å². The van der Waals surface area contributed by atoms with E-state index in [2.05, 4.69) is 5.32 Å². The van der Waals surface area contributed by atoms with Gasteiger partial charge in [0.25, 0.3) is 5.91 Å². The molecule has 0 saturated heterocycles. The van der Waals surface area contributed by atoms with Crippen molar-refractivity contribution >= 4 is 11.6 Å². The van der Waals surface area contributed by atoms with Crippen molar-refractivity contribution in [2.45, 2.75) is 44.7 Å². The second-order valence-corrected chi connectivity index (χ2v) is 5.37. The average Bonchev–Trinajstić information content (AvgIpc) is 2.68. The first kappa shape index (κ1) is 11.5. The summed E-state index contributed by atoms with van der Waals surface area (Å²) >= 11 is 0. The minimum Gasteiger partial charge on any atom is -0.326 e. The first-order valence-electron chi connectivity index (χ1n) is 6.68. The van der Waals surface area contributed by atoms with Crippen molar-refractivity contribution in [3.05, 3.63) is 35.4 Å². The second-order valence-electron chi connectivity index (χ2n) is 5.37. The monoisotopic (exact) mass is 242 g/mol. The van der Waals surface area contributed by atoms with Gasteiger partial charge in [-0.3, -0.25) is 9.79 Å². The van der Waals surface area contributed by atoms with Gasteiger partial charge in [0.2, 0.25) is 0 Å². The number of aliphatic imine (C=N–C) groups is 1. The minimum atomic E-state index is -0.296. The Balaban J connectivity index is 1.93. The Hall–Kier alpha value is -1.64. The van der Waals surface area contributed by atoms with Crippen molar-refractivity contribution in [1.82, 2.24) is 5.32 Å². The van der Waals surface area contributed by atoms with Crippen molar-refractivity contribution < 1.29 is 4.79 Å². The lowest BCUT2D eigenvalue weighted by Gasteiger charge is -2.30. The van der Waals surface area contributed by atoms with Crippen LogP contribution in [0.3, 0.4) is 0 Å².